The molecule has 0 saturated heterocycles. The van der Waals surface area contributed by atoms with Crippen LogP contribution in [-0.4, -0.2) is 12.1 Å². The van der Waals surface area contributed by atoms with Crippen LogP contribution in [0.4, 0.5) is 0 Å². The van der Waals surface area contributed by atoms with Gasteiger partial charge in [0.2, 0.25) is 0 Å². The van der Waals surface area contributed by atoms with E-state index in [1.54, 1.807) is 25.1 Å². The fourth-order valence-electron chi connectivity index (χ4n) is 1.37. The van der Waals surface area contributed by atoms with Crippen molar-refractivity contribution >= 4 is 11.8 Å². The Kier molecular flexibility index (Phi) is 3.83. The number of rotatable bonds is 4. The zero-order valence-electron chi connectivity index (χ0n) is 9.09. The Balaban J connectivity index is 2.05. The number of thioether (sulfide) groups is 1. The van der Waals surface area contributed by atoms with Gasteiger partial charge >= 0.3 is 0 Å². The van der Waals surface area contributed by atoms with Gasteiger partial charge in [-0.25, -0.2) is 4.98 Å². The Hall–Kier alpha value is -1.48. The van der Waals surface area contributed by atoms with Crippen molar-refractivity contribution in [2.75, 3.05) is 7.11 Å². The van der Waals surface area contributed by atoms with Gasteiger partial charge in [0.15, 0.2) is 5.75 Å². The molecule has 0 fully saturated rings. The van der Waals surface area contributed by atoms with E-state index in [0.29, 0.717) is 0 Å². The second-order valence-electron chi connectivity index (χ2n) is 3.29. The third kappa shape index (κ3) is 2.76. The highest BCUT2D eigenvalue weighted by molar-refractivity contribution is 7.98. The maximum Gasteiger partial charge on any atom is 0.151 e. The molecule has 0 aliphatic heterocycles. The Morgan fingerprint density at radius 2 is 1.94 bits per heavy atom. The first-order valence-corrected chi connectivity index (χ1v) is 6.04. The third-order valence-electron chi connectivity index (χ3n) is 2.17. The maximum atomic E-state index is 5.25. The highest BCUT2D eigenvalue weighted by Crippen LogP contribution is 2.28. The molecule has 0 amide bonds. The molecule has 0 aliphatic carbocycles. The van der Waals surface area contributed by atoms with Crippen LogP contribution in [0.2, 0.25) is 0 Å². The molecular formula is C13H13NOS. The normalized spacial score (nSPS) is 10.1. The van der Waals surface area contributed by atoms with E-state index in [1.165, 1.54) is 5.56 Å². The summed E-state index contributed by atoms with van der Waals surface area (Å²) in [7, 11) is 1.67. The molecule has 2 rings (SSSR count). The molecule has 0 N–H and O–H groups in total. The van der Waals surface area contributed by atoms with E-state index in [2.05, 4.69) is 17.1 Å². The van der Waals surface area contributed by atoms with E-state index in [-0.39, 0.29) is 0 Å². The molecule has 1 aromatic carbocycles. The summed E-state index contributed by atoms with van der Waals surface area (Å²) in [5, 5.41) is 0.939. The molecule has 0 spiro atoms. The van der Waals surface area contributed by atoms with Gasteiger partial charge in [0.05, 0.1) is 7.11 Å². The average molecular weight is 231 g/mol. The standard InChI is InChI=1S/C13H13NOS/c1-15-12-8-5-9-14-13(12)16-10-11-6-3-2-4-7-11/h2-9H,10H2,1H3. The third-order valence-corrected chi connectivity index (χ3v) is 3.23. The van der Waals surface area contributed by atoms with Crippen molar-refractivity contribution in [1.29, 1.82) is 0 Å². The monoisotopic (exact) mass is 231 g/mol. The molecule has 2 aromatic rings. The SMILES string of the molecule is COc1cccnc1SCc1ccccc1. The minimum absolute atomic E-state index is 0.837. The second-order valence-corrected chi connectivity index (χ2v) is 4.25. The van der Waals surface area contributed by atoms with Crippen LogP contribution in [0.15, 0.2) is 53.7 Å². The zero-order valence-corrected chi connectivity index (χ0v) is 9.91. The summed E-state index contributed by atoms with van der Waals surface area (Å²) in [4.78, 5) is 4.30. The smallest absolute Gasteiger partial charge is 0.151 e. The first-order chi connectivity index (χ1) is 7.90. The van der Waals surface area contributed by atoms with Gasteiger partial charge in [0, 0.05) is 11.9 Å². The van der Waals surface area contributed by atoms with Crippen molar-refractivity contribution in [3.8, 4) is 5.75 Å². The minimum Gasteiger partial charge on any atom is -0.494 e. The van der Waals surface area contributed by atoms with Gasteiger partial charge in [0.1, 0.15) is 5.03 Å². The number of pyridine rings is 1. The molecule has 0 saturated carbocycles. The molecule has 0 unspecified atom stereocenters. The molecule has 1 aromatic heterocycles. The van der Waals surface area contributed by atoms with Crippen LogP contribution in [0.25, 0.3) is 0 Å². The Morgan fingerprint density at radius 1 is 1.12 bits per heavy atom. The van der Waals surface area contributed by atoms with Crippen molar-refractivity contribution < 1.29 is 4.74 Å². The van der Waals surface area contributed by atoms with Crippen LogP contribution in [0, 0.1) is 0 Å². The average Bonchev–Trinajstić information content (AvgIpc) is 2.38. The van der Waals surface area contributed by atoms with Crippen LogP contribution in [0.5, 0.6) is 5.75 Å². The summed E-state index contributed by atoms with van der Waals surface area (Å²) >= 11 is 1.69. The fourth-order valence-corrected chi connectivity index (χ4v) is 2.29. The van der Waals surface area contributed by atoms with E-state index in [4.69, 9.17) is 4.74 Å². The Bertz CT molecular complexity index is 445. The minimum atomic E-state index is 0.837. The maximum absolute atomic E-state index is 5.25. The topological polar surface area (TPSA) is 22.1 Å². The van der Waals surface area contributed by atoms with Crippen LogP contribution in [-0.2, 0) is 5.75 Å². The molecule has 1 heterocycles. The molecule has 0 atom stereocenters. The lowest BCUT2D eigenvalue weighted by atomic mass is 10.2. The number of methoxy groups -OCH3 is 1. The summed E-state index contributed by atoms with van der Waals surface area (Å²) in [6.07, 6.45) is 1.79. The van der Waals surface area contributed by atoms with E-state index in [1.807, 2.05) is 30.3 Å². The van der Waals surface area contributed by atoms with Gasteiger partial charge in [0.25, 0.3) is 0 Å². The molecule has 2 nitrogen and oxygen atoms in total. The fraction of sp³-hybridized carbons (Fsp3) is 0.154. The lowest BCUT2D eigenvalue weighted by Gasteiger charge is -2.06. The number of hydrogen-bond donors (Lipinski definition) is 0. The van der Waals surface area contributed by atoms with Gasteiger partial charge in [-0.3, -0.25) is 0 Å². The number of aromatic nitrogens is 1. The van der Waals surface area contributed by atoms with Crippen LogP contribution in [0.3, 0.4) is 0 Å². The predicted octanol–water partition coefficient (Wildman–Crippen LogP) is 3.38. The van der Waals surface area contributed by atoms with Gasteiger partial charge in [-0.15, -0.1) is 0 Å². The van der Waals surface area contributed by atoms with E-state index >= 15 is 0 Å². The molecule has 0 bridgehead atoms. The van der Waals surface area contributed by atoms with Gasteiger partial charge in [-0.05, 0) is 17.7 Å². The summed E-state index contributed by atoms with van der Waals surface area (Å²) < 4.78 is 5.25. The van der Waals surface area contributed by atoms with Crippen molar-refractivity contribution in [2.45, 2.75) is 10.8 Å². The summed E-state index contributed by atoms with van der Waals surface area (Å²) in [5.41, 5.74) is 1.29. The van der Waals surface area contributed by atoms with Crippen molar-refractivity contribution in [1.82, 2.24) is 4.98 Å². The lowest BCUT2D eigenvalue weighted by molar-refractivity contribution is 0.401. The molecule has 3 heteroatoms. The van der Waals surface area contributed by atoms with E-state index < -0.39 is 0 Å². The molecule has 0 aliphatic rings. The van der Waals surface area contributed by atoms with Gasteiger partial charge < -0.3 is 4.74 Å². The first-order valence-electron chi connectivity index (χ1n) is 5.06. The number of nitrogens with zero attached hydrogens (tertiary/aromatic N) is 1. The van der Waals surface area contributed by atoms with Crippen molar-refractivity contribution in [2.24, 2.45) is 0 Å². The zero-order chi connectivity index (χ0) is 11.2. The second kappa shape index (κ2) is 5.56. The Morgan fingerprint density at radius 3 is 2.69 bits per heavy atom. The number of hydrogen-bond acceptors (Lipinski definition) is 3. The number of ether oxygens (including phenoxy) is 1. The number of benzene rings is 1. The summed E-state index contributed by atoms with van der Waals surface area (Å²) in [5.74, 6) is 1.75. The molecule has 16 heavy (non-hydrogen) atoms. The quantitative estimate of drug-likeness (QED) is 0.753. The molecule has 82 valence electrons. The van der Waals surface area contributed by atoms with E-state index in [9.17, 15) is 0 Å². The molecular weight excluding hydrogens is 218 g/mol. The van der Waals surface area contributed by atoms with Crippen LogP contribution in [0.1, 0.15) is 5.56 Å². The predicted molar refractivity (Wildman–Crippen MR) is 66.8 cm³/mol. The summed E-state index contributed by atoms with van der Waals surface area (Å²) in [6.45, 7) is 0. The summed E-state index contributed by atoms with van der Waals surface area (Å²) in [6, 6.07) is 14.2. The van der Waals surface area contributed by atoms with Gasteiger partial charge in [-0.2, -0.15) is 0 Å². The van der Waals surface area contributed by atoms with Gasteiger partial charge in [-0.1, -0.05) is 42.1 Å². The van der Waals surface area contributed by atoms with E-state index in [0.717, 1.165) is 16.5 Å². The Labute approximate surface area is 99.7 Å². The highest BCUT2D eigenvalue weighted by Gasteiger charge is 2.03. The molecule has 0 radical (unpaired) electrons. The lowest BCUT2D eigenvalue weighted by Crippen LogP contribution is -1.89. The highest BCUT2D eigenvalue weighted by atomic mass is 32.2. The van der Waals surface area contributed by atoms with Crippen LogP contribution >= 0.6 is 11.8 Å². The van der Waals surface area contributed by atoms with Crippen molar-refractivity contribution in [3.63, 3.8) is 0 Å². The largest absolute Gasteiger partial charge is 0.494 e. The van der Waals surface area contributed by atoms with Crippen LogP contribution < -0.4 is 4.74 Å². The van der Waals surface area contributed by atoms with Crippen molar-refractivity contribution in [3.05, 3.63) is 54.2 Å². The first kappa shape index (κ1) is 11.0.